The maximum absolute atomic E-state index is 11.6. The molecule has 1 fully saturated rings. The van der Waals surface area contributed by atoms with Crippen molar-refractivity contribution in [2.75, 3.05) is 13.2 Å². The van der Waals surface area contributed by atoms with Crippen molar-refractivity contribution in [2.24, 2.45) is 0 Å². The Hall–Kier alpha value is -1.85. The van der Waals surface area contributed by atoms with Crippen LogP contribution in [-0.2, 0) is 14.3 Å². The van der Waals surface area contributed by atoms with Gasteiger partial charge in [0.15, 0.2) is 0 Å². The van der Waals surface area contributed by atoms with Gasteiger partial charge in [-0.3, -0.25) is 19.8 Å². The molecule has 6 nitrogen and oxygen atoms in total. The summed E-state index contributed by atoms with van der Waals surface area (Å²) in [6.07, 6.45) is 0.713. The van der Waals surface area contributed by atoms with Gasteiger partial charge in [-0.1, -0.05) is 12.7 Å². The lowest BCUT2D eigenvalue weighted by Gasteiger charge is -2.38. The highest BCUT2D eigenvalue weighted by atomic mass is 16.6. The Kier molecular flexibility index (Phi) is 3.31. The molecule has 0 aromatic rings. The van der Waals surface area contributed by atoms with E-state index < -0.39 is 23.4 Å². The van der Waals surface area contributed by atoms with Crippen LogP contribution >= 0.6 is 0 Å². The number of rotatable bonds is 2. The minimum absolute atomic E-state index is 0.0429. The van der Waals surface area contributed by atoms with E-state index in [4.69, 9.17) is 4.74 Å². The Balaban J connectivity index is 2.83. The number of carbonyl (C=O) groups is 3. The molecule has 1 N–H and O–H groups in total. The lowest BCUT2D eigenvalue weighted by Crippen LogP contribution is -2.65. The summed E-state index contributed by atoms with van der Waals surface area (Å²) in [5.41, 5.74) is -1.09. The van der Waals surface area contributed by atoms with Gasteiger partial charge in [-0.15, -0.1) is 0 Å². The first-order chi connectivity index (χ1) is 7.39. The molecule has 1 heterocycles. The highest BCUT2D eigenvalue weighted by Crippen LogP contribution is 2.18. The molecule has 88 valence electrons. The summed E-state index contributed by atoms with van der Waals surface area (Å²) >= 11 is 0. The van der Waals surface area contributed by atoms with Crippen LogP contribution in [0.3, 0.4) is 0 Å². The standard InChI is InChI=1S/C10H14N2O4/c1-4-5-16-9(15)12-6-7(13)11-8(14)10(12,2)3/h4H,1,5-6H2,2-3H3,(H,11,13,14). The number of hydrogen-bond donors (Lipinski definition) is 1. The minimum atomic E-state index is -1.09. The Bertz CT molecular complexity index is 349. The zero-order chi connectivity index (χ0) is 12.3. The number of hydrogen-bond acceptors (Lipinski definition) is 4. The van der Waals surface area contributed by atoms with Crippen molar-refractivity contribution >= 4 is 17.9 Å². The fraction of sp³-hybridized carbons (Fsp3) is 0.500. The number of nitrogens with one attached hydrogen (secondary N) is 1. The number of nitrogens with zero attached hydrogens (tertiary/aromatic N) is 1. The van der Waals surface area contributed by atoms with E-state index in [0.29, 0.717) is 0 Å². The van der Waals surface area contributed by atoms with Gasteiger partial charge >= 0.3 is 6.09 Å². The zero-order valence-electron chi connectivity index (χ0n) is 9.28. The third-order valence-electron chi connectivity index (χ3n) is 2.33. The van der Waals surface area contributed by atoms with E-state index in [0.717, 1.165) is 4.90 Å². The highest BCUT2D eigenvalue weighted by molar-refractivity contribution is 6.05. The molecule has 0 aliphatic carbocycles. The molecule has 0 unspecified atom stereocenters. The van der Waals surface area contributed by atoms with Gasteiger partial charge in [0.25, 0.3) is 5.91 Å². The molecule has 16 heavy (non-hydrogen) atoms. The number of ether oxygens (including phenoxy) is 1. The van der Waals surface area contributed by atoms with Gasteiger partial charge in [-0.2, -0.15) is 0 Å². The molecule has 0 radical (unpaired) electrons. The lowest BCUT2D eigenvalue weighted by atomic mass is 9.99. The maximum atomic E-state index is 11.6. The number of amides is 3. The van der Waals surface area contributed by atoms with E-state index in [1.54, 1.807) is 13.8 Å². The third-order valence-corrected chi connectivity index (χ3v) is 2.33. The van der Waals surface area contributed by atoms with Crippen LogP contribution in [0.15, 0.2) is 12.7 Å². The second kappa shape index (κ2) is 4.34. The molecule has 1 aliphatic heterocycles. The van der Waals surface area contributed by atoms with Crippen molar-refractivity contribution in [3.05, 3.63) is 12.7 Å². The van der Waals surface area contributed by atoms with Gasteiger partial charge in [0.1, 0.15) is 18.7 Å². The number of imide groups is 1. The smallest absolute Gasteiger partial charge is 0.411 e. The lowest BCUT2D eigenvalue weighted by molar-refractivity contribution is -0.143. The van der Waals surface area contributed by atoms with E-state index in [9.17, 15) is 14.4 Å². The fourth-order valence-corrected chi connectivity index (χ4v) is 1.28. The van der Waals surface area contributed by atoms with Crippen molar-refractivity contribution in [3.63, 3.8) is 0 Å². The van der Waals surface area contributed by atoms with Gasteiger partial charge in [-0.05, 0) is 13.8 Å². The van der Waals surface area contributed by atoms with Crippen molar-refractivity contribution < 1.29 is 19.1 Å². The largest absolute Gasteiger partial charge is 0.445 e. The summed E-state index contributed by atoms with van der Waals surface area (Å²) in [7, 11) is 0. The Morgan fingerprint density at radius 2 is 2.25 bits per heavy atom. The summed E-state index contributed by atoms with van der Waals surface area (Å²) in [4.78, 5) is 35.3. The van der Waals surface area contributed by atoms with Gasteiger partial charge < -0.3 is 4.74 Å². The SMILES string of the molecule is C=CCOC(=O)N1CC(=O)NC(=O)C1(C)C. The number of piperazine rings is 1. The normalized spacial score (nSPS) is 19.0. The minimum Gasteiger partial charge on any atom is -0.445 e. The zero-order valence-corrected chi connectivity index (χ0v) is 9.28. The summed E-state index contributed by atoms with van der Waals surface area (Å²) in [6, 6.07) is 0. The third kappa shape index (κ3) is 2.21. The molecule has 0 saturated carbocycles. The molecule has 1 saturated heterocycles. The van der Waals surface area contributed by atoms with E-state index >= 15 is 0 Å². The van der Waals surface area contributed by atoms with Crippen LogP contribution in [0.25, 0.3) is 0 Å². The van der Waals surface area contributed by atoms with Crippen LogP contribution in [0, 0.1) is 0 Å². The van der Waals surface area contributed by atoms with Gasteiger partial charge in [0.2, 0.25) is 5.91 Å². The fourth-order valence-electron chi connectivity index (χ4n) is 1.28. The summed E-state index contributed by atoms with van der Waals surface area (Å²) in [5, 5.41) is 2.16. The van der Waals surface area contributed by atoms with Gasteiger partial charge in [0.05, 0.1) is 0 Å². The number of carbonyl (C=O) groups excluding carboxylic acids is 3. The summed E-state index contributed by atoms with van der Waals surface area (Å²) in [6.45, 7) is 6.35. The van der Waals surface area contributed by atoms with E-state index in [2.05, 4.69) is 11.9 Å². The first kappa shape index (κ1) is 12.2. The molecule has 6 heteroatoms. The highest BCUT2D eigenvalue weighted by Gasteiger charge is 2.44. The van der Waals surface area contributed by atoms with Crippen LogP contribution < -0.4 is 5.32 Å². The predicted molar refractivity (Wildman–Crippen MR) is 55.5 cm³/mol. The van der Waals surface area contributed by atoms with E-state index in [1.165, 1.54) is 6.08 Å². The van der Waals surface area contributed by atoms with E-state index in [1.807, 2.05) is 0 Å². The monoisotopic (exact) mass is 226 g/mol. The van der Waals surface area contributed by atoms with Crippen molar-refractivity contribution in [1.82, 2.24) is 10.2 Å². The topological polar surface area (TPSA) is 75.7 Å². The van der Waals surface area contributed by atoms with Crippen LogP contribution in [-0.4, -0.2) is 41.5 Å². The van der Waals surface area contributed by atoms with E-state index in [-0.39, 0.29) is 13.2 Å². The summed E-state index contributed by atoms with van der Waals surface area (Å²) in [5.74, 6) is -1.03. The van der Waals surface area contributed by atoms with Crippen LogP contribution in [0.1, 0.15) is 13.8 Å². The van der Waals surface area contributed by atoms with Crippen molar-refractivity contribution in [1.29, 1.82) is 0 Å². The average Bonchev–Trinajstić information content (AvgIpc) is 2.20. The second-order valence-corrected chi connectivity index (χ2v) is 3.89. The molecule has 0 aromatic carbocycles. The van der Waals surface area contributed by atoms with Crippen molar-refractivity contribution in [2.45, 2.75) is 19.4 Å². The summed E-state index contributed by atoms with van der Waals surface area (Å²) < 4.78 is 4.80. The van der Waals surface area contributed by atoms with Crippen LogP contribution in [0.2, 0.25) is 0 Å². The molecule has 3 amide bonds. The van der Waals surface area contributed by atoms with Crippen molar-refractivity contribution in [3.8, 4) is 0 Å². The molecular weight excluding hydrogens is 212 g/mol. The maximum Gasteiger partial charge on any atom is 0.411 e. The quantitative estimate of drug-likeness (QED) is 0.533. The van der Waals surface area contributed by atoms with Gasteiger partial charge in [0, 0.05) is 0 Å². The van der Waals surface area contributed by atoms with Crippen LogP contribution in [0.5, 0.6) is 0 Å². The van der Waals surface area contributed by atoms with Crippen LogP contribution in [0.4, 0.5) is 4.79 Å². The Labute approximate surface area is 93.2 Å². The molecule has 0 aromatic heterocycles. The molecule has 0 bridgehead atoms. The first-order valence-corrected chi connectivity index (χ1v) is 4.79. The molecule has 1 rings (SSSR count). The first-order valence-electron chi connectivity index (χ1n) is 4.79. The predicted octanol–water partition coefficient (Wildman–Crippen LogP) is 0.0460. The molecule has 0 atom stereocenters. The average molecular weight is 226 g/mol. The molecule has 0 spiro atoms. The Morgan fingerprint density at radius 1 is 1.62 bits per heavy atom. The molecule has 1 aliphatic rings. The molecular formula is C10H14N2O4. The Morgan fingerprint density at radius 3 is 2.81 bits per heavy atom. The second-order valence-electron chi connectivity index (χ2n) is 3.89. The van der Waals surface area contributed by atoms with Gasteiger partial charge in [-0.25, -0.2) is 4.79 Å².